The van der Waals surface area contributed by atoms with Gasteiger partial charge in [0.15, 0.2) is 5.78 Å². The Labute approximate surface area is 215 Å². The summed E-state index contributed by atoms with van der Waals surface area (Å²) in [6, 6.07) is 16.2. The van der Waals surface area contributed by atoms with Gasteiger partial charge in [-0.15, -0.1) is 11.8 Å². The van der Waals surface area contributed by atoms with Gasteiger partial charge in [-0.05, 0) is 50.6 Å². The third-order valence-corrected chi connectivity index (χ3v) is 6.50. The molecule has 0 N–H and O–H groups in total. The van der Waals surface area contributed by atoms with Gasteiger partial charge in [-0.25, -0.2) is 4.98 Å². The van der Waals surface area contributed by atoms with Crippen LogP contribution in [-0.4, -0.2) is 41.8 Å². The number of nitrogens with zero attached hydrogens (tertiary/aromatic N) is 1. The zero-order valence-electron chi connectivity index (χ0n) is 20.0. The molecule has 2 aromatic carbocycles. The Hall–Kier alpha value is -3.03. The first-order chi connectivity index (χ1) is 16.9. The zero-order chi connectivity index (χ0) is 25.2. The Balaban J connectivity index is 1.55. The van der Waals surface area contributed by atoms with Crippen LogP contribution in [0.5, 0.6) is 11.6 Å². The summed E-state index contributed by atoms with van der Waals surface area (Å²) >= 11 is 7.77. The summed E-state index contributed by atoms with van der Waals surface area (Å²) < 4.78 is 16.8. The first kappa shape index (κ1) is 26.6. The smallest absolute Gasteiger partial charge is 0.316 e. The molecule has 1 aromatic heterocycles. The van der Waals surface area contributed by atoms with Crippen molar-refractivity contribution >= 4 is 35.1 Å². The Bertz CT molecular complexity index is 1160. The van der Waals surface area contributed by atoms with E-state index in [1.165, 1.54) is 18.0 Å². The lowest BCUT2D eigenvalue weighted by Crippen LogP contribution is -2.18. The van der Waals surface area contributed by atoms with Gasteiger partial charge >= 0.3 is 5.97 Å². The number of ketones is 1. The van der Waals surface area contributed by atoms with Gasteiger partial charge in [0, 0.05) is 23.1 Å². The van der Waals surface area contributed by atoms with Crippen LogP contribution in [0.2, 0.25) is 5.02 Å². The fraction of sp³-hybridized carbons (Fsp3) is 0.296. The molecule has 184 valence electrons. The van der Waals surface area contributed by atoms with E-state index in [-0.39, 0.29) is 35.1 Å². The van der Waals surface area contributed by atoms with Crippen molar-refractivity contribution in [2.24, 2.45) is 0 Å². The maximum absolute atomic E-state index is 13.0. The summed E-state index contributed by atoms with van der Waals surface area (Å²) in [5.41, 5.74) is 1.79. The highest BCUT2D eigenvalue weighted by Crippen LogP contribution is 2.29. The molecule has 3 aromatic rings. The van der Waals surface area contributed by atoms with Crippen molar-refractivity contribution in [3.8, 4) is 11.6 Å². The van der Waals surface area contributed by atoms with Gasteiger partial charge in [0.05, 0.1) is 24.0 Å². The van der Waals surface area contributed by atoms with Crippen LogP contribution in [0.25, 0.3) is 0 Å². The molecule has 0 radical (unpaired) electrons. The fourth-order valence-corrected chi connectivity index (χ4v) is 4.28. The normalized spacial score (nSPS) is 11.5. The van der Waals surface area contributed by atoms with Crippen molar-refractivity contribution in [2.45, 2.75) is 38.2 Å². The first-order valence-corrected chi connectivity index (χ1v) is 12.7. The molecule has 6 nitrogen and oxygen atoms in total. The van der Waals surface area contributed by atoms with E-state index < -0.39 is 0 Å². The molecule has 0 spiro atoms. The SMILES string of the molecule is CCOC(=O)CSc1ccc(OCC[C@H](C)Oc2nccc(Cl)c2C(=O)c2ccccc2)cc1C. The van der Waals surface area contributed by atoms with Crippen LogP contribution in [0.3, 0.4) is 0 Å². The van der Waals surface area contributed by atoms with Crippen molar-refractivity contribution < 1.29 is 23.8 Å². The molecule has 0 aliphatic heterocycles. The molecule has 0 bridgehead atoms. The topological polar surface area (TPSA) is 74.7 Å². The number of rotatable bonds is 12. The third kappa shape index (κ3) is 7.73. The van der Waals surface area contributed by atoms with E-state index in [2.05, 4.69) is 4.98 Å². The number of benzene rings is 2. The number of ether oxygens (including phenoxy) is 3. The quantitative estimate of drug-likeness (QED) is 0.163. The summed E-state index contributed by atoms with van der Waals surface area (Å²) in [6.45, 7) is 6.45. The van der Waals surface area contributed by atoms with Crippen molar-refractivity contribution in [3.63, 3.8) is 0 Å². The van der Waals surface area contributed by atoms with Gasteiger partial charge < -0.3 is 14.2 Å². The van der Waals surface area contributed by atoms with E-state index >= 15 is 0 Å². The zero-order valence-corrected chi connectivity index (χ0v) is 21.5. The van der Waals surface area contributed by atoms with E-state index in [9.17, 15) is 9.59 Å². The predicted octanol–water partition coefficient (Wildman–Crippen LogP) is 6.17. The number of hydrogen-bond acceptors (Lipinski definition) is 7. The van der Waals surface area contributed by atoms with Gasteiger partial charge in [0.25, 0.3) is 0 Å². The van der Waals surface area contributed by atoms with Gasteiger partial charge in [-0.2, -0.15) is 0 Å². The molecule has 0 fully saturated rings. The molecular formula is C27H28ClNO5S. The molecule has 1 heterocycles. The van der Waals surface area contributed by atoms with Crippen molar-refractivity contribution in [2.75, 3.05) is 19.0 Å². The maximum Gasteiger partial charge on any atom is 0.316 e. The Kier molecular flexibility index (Phi) is 9.99. The Morgan fingerprint density at radius 2 is 1.89 bits per heavy atom. The second kappa shape index (κ2) is 13.2. The van der Waals surface area contributed by atoms with Gasteiger partial charge in [-0.1, -0.05) is 41.9 Å². The number of esters is 1. The molecular weight excluding hydrogens is 486 g/mol. The summed E-state index contributed by atoms with van der Waals surface area (Å²) in [6.07, 6.45) is 1.84. The van der Waals surface area contributed by atoms with Crippen LogP contribution in [0.1, 0.15) is 41.8 Å². The standard InChI is InChI=1S/C27H28ClNO5S/c1-4-32-24(30)17-35-23-11-10-21(16-18(23)2)33-15-13-19(3)34-27-25(22(28)12-14-29-27)26(31)20-8-6-5-7-9-20/h5-12,14,16,19H,4,13,15,17H2,1-3H3/t19-/m0/s1. The van der Waals surface area contributed by atoms with Crippen LogP contribution in [0, 0.1) is 6.92 Å². The van der Waals surface area contributed by atoms with Crippen molar-refractivity contribution in [1.29, 1.82) is 0 Å². The van der Waals surface area contributed by atoms with Crippen LogP contribution < -0.4 is 9.47 Å². The number of aromatic nitrogens is 1. The van der Waals surface area contributed by atoms with Crippen molar-refractivity contribution in [1.82, 2.24) is 4.98 Å². The average molecular weight is 514 g/mol. The van der Waals surface area contributed by atoms with Gasteiger partial charge in [0.2, 0.25) is 5.88 Å². The van der Waals surface area contributed by atoms with E-state index in [1.54, 1.807) is 37.3 Å². The summed E-state index contributed by atoms with van der Waals surface area (Å²) in [5, 5.41) is 0.295. The summed E-state index contributed by atoms with van der Waals surface area (Å²) in [7, 11) is 0. The van der Waals surface area contributed by atoms with E-state index in [4.69, 9.17) is 25.8 Å². The number of thioether (sulfide) groups is 1. The minimum absolute atomic E-state index is 0.206. The maximum atomic E-state index is 13.0. The summed E-state index contributed by atoms with van der Waals surface area (Å²) in [5.74, 6) is 0.747. The lowest BCUT2D eigenvalue weighted by atomic mass is 10.0. The molecule has 0 aliphatic rings. The van der Waals surface area contributed by atoms with E-state index in [0.29, 0.717) is 30.2 Å². The predicted molar refractivity (Wildman–Crippen MR) is 138 cm³/mol. The largest absolute Gasteiger partial charge is 0.493 e. The number of halogens is 1. The van der Waals surface area contributed by atoms with Gasteiger partial charge in [-0.3, -0.25) is 9.59 Å². The van der Waals surface area contributed by atoms with Gasteiger partial charge in [0.1, 0.15) is 17.4 Å². The lowest BCUT2D eigenvalue weighted by Gasteiger charge is -2.17. The number of pyridine rings is 1. The third-order valence-electron chi connectivity index (χ3n) is 5.03. The second-order valence-electron chi connectivity index (χ2n) is 7.75. The molecule has 1 atom stereocenters. The molecule has 35 heavy (non-hydrogen) atoms. The average Bonchev–Trinajstić information content (AvgIpc) is 2.84. The number of hydrogen-bond donors (Lipinski definition) is 0. The highest BCUT2D eigenvalue weighted by atomic mass is 35.5. The molecule has 0 amide bonds. The van der Waals surface area contributed by atoms with E-state index in [1.807, 2.05) is 38.1 Å². The highest BCUT2D eigenvalue weighted by Gasteiger charge is 2.21. The lowest BCUT2D eigenvalue weighted by molar-refractivity contribution is -0.139. The monoisotopic (exact) mass is 513 g/mol. The Morgan fingerprint density at radius 3 is 2.60 bits per heavy atom. The molecule has 3 rings (SSSR count). The molecule has 0 aliphatic carbocycles. The van der Waals surface area contributed by atoms with E-state index in [0.717, 1.165) is 16.2 Å². The number of carbonyl (C=O) groups excluding carboxylic acids is 2. The summed E-state index contributed by atoms with van der Waals surface area (Å²) in [4.78, 5) is 29.8. The minimum Gasteiger partial charge on any atom is -0.493 e. The molecule has 8 heteroatoms. The van der Waals surface area contributed by atoms with Crippen molar-refractivity contribution in [3.05, 3.63) is 82.5 Å². The van der Waals surface area contributed by atoms with Crippen LogP contribution in [0.4, 0.5) is 0 Å². The van der Waals surface area contributed by atoms with Crippen LogP contribution >= 0.6 is 23.4 Å². The van der Waals surface area contributed by atoms with Crippen LogP contribution in [0.15, 0.2) is 65.7 Å². The molecule has 0 saturated carbocycles. The van der Waals surface area contributed by atoms with Crippen LogP contribution in [-0.2, 0) is 9.53 Å². The number of carbonyl (C=O) groups is 2. The second-order valence-corrected chi connectivity index (χ2v) is 9.18. The molecule has 0 unspecified atom stereocenters. The highest BCUT2D eigenvalue weighted by molar-refractivity contribution is 8.00. The Morgan fingerprint density at radius 1 is 1.11 bits per heavy atom. The minimum atomic E-state index is -0.260. The first-order valence-electron chi connectivity index (χ1n) is 11.3. The number of aryl methyl sites for hydroxylation is 1. The fourth-order valence-electron chi connectivity index (χ4n) is 3.25. The molecule has 0 saturated heterocycles.